The number of nitrogens with one attached hydrogen (secondary N) is 1. The van der Waals surface area contributed by atoms with Gasteiger partial charge in [0.1, 0.15) is 5.75 Å². The number of rotatable bonds is 6. The molecule has 2 N–H and O–H groups in total. The van der Waals surface area contributed by atoms with Gasteiger partial charge in [-0.2, -0.15) is 0 Å². The molecule has 3 nitrogen and oxygen atoms in total. The molecule has 0 aliphatic carbocycles. The van der Waals surface area contributed by atoms with Crippen LogP contribution in [0.4, 0.5) is 5.69 Å². The van der Waals surface area contributed by atoms with Crippen LogP contribution < -0.4 is 10.1 Å². The van der Waals surface area contributed by atoms with Gasteiger partial charge in [-0.1, -0.05) is 29.8 Å². The van der Waals surface area contributed by atoms with Crippen LogP contribution >= 0.6 is 0 Å². The summed E-state index contributed by atoms with van der Waals surface area (Å²) < 4.78 is 5.47. The van der Waals surface area contributed by atoms with Gasteiger partial charge in [0.2, 0.25) is 0 Å². The summed E-state index contributed by atoms with van der Waals surface area (Å²) in [5.41, 5.74) is 4.28. The van der Waals surface area contributed by atoms with E-state index in [1.54, 1.807) is 0 Å². The molecule has 0 unspecified atom stereocenters. The number of hydrogen-bond donors (Lipinski definition) is 2. The SMILES string of the molecule is CCOc1ccc(NCc2ccc(C)cc2)cc1CO. The first-order valence-electron chi connectivity index (χ1n) is 6.89. The predicted octanol–water partition coefficient (Wildman–Crippen LogP) is 3.50. The molecule has 0 spiro atoms. The third-order valence-electron chi connectivity index (χ3n) is 3.15. The van der Waals surface area contributed by atoms with Crippen LogP contribution in [0.15, 0.2) is 42.5 Å². The minimum atomic E-state index is -0.0185. The molecule has 0 fully saturated rings. The second-order valence-electron chi connectivity index (χ2n) is 4.75. The van der Waals surface area contributed by atoms with Crippen molar-refractivity contribution in [2.24, 2.45) is 0 Å². The van der Waals surface area contributed by atoms with E-state index in [1.165, 1.54) is 11.1 Å². The molecule has 0 aliphatic heterocycles. The molecule has 2 aromatic rings. The maximum absolute atomic E-state index is 9.38. The van der Waals surface area contributed by atoms with Crippen molar-refractivity contribution in [2.45, 2.75) is 27.0 Å². The van der Waals surface area contributed by atoms with E-state index in [0.29, 0.717) is 6.61 Å². The highest BCUT2D eigenvalue weighted by Gasteiger charge is 2.04. The van der Waals surface area contributed by atoms with E-state index in [4.69, 9.17) is 4.74 Å². The average molecular weight is 271 g/mol. The third kappa shape index (κ3) is 3.75. The standard InChI is InChI=1S/C17H21NO2/c1-3-20-17-9-8-16(10-15(17)12-19)18-11-14-6-4-13(2)5-7-14/h4-10,18-19H,3,11-12H2,1-2H3. The first kappa shape index (κ1) is 14.4. The van der Waals surface area contributed by atoms with Gasteiger partial charge >= 0.3 is 0 Å². The van der Waals surface area contributed by atoms with Gasteiger partial charge in [0.25, 0.3) is 0 Å². The first-order chi connectivity index (χ1) is 9.72. The Morgan fingerprint density at radius 2 is 1.85 bits per heavy atom. The summed E-state index contributed by atoms with van der Waals surface area (Å²) in [6, 6.07) is 14.2. The van der Waals surface area contributed by atoms with Gasteiger partial charge in [-0.3, -0.25) is 0 Å². The molecule has 0 saturated heterocycles. The summed E-state index contributed by atoms with van der Waals surface area (Å²) in [6.07, 6.45) is 0. The lowest BCUT2D eigenvalue weighted by molar-refractivity contribution is 0.267. The first-order valence-corrected chi connectivity index (χ1v) is 6.89. The monoisotopic (exact) mass is 271 g/mol. The lowest BCUT2D eigenvalue weighted by Gasteiger charge is -2.12. The zero-order chi connectivity index (χ0) is 14.4. The van der Waals surface area contributed by atoms with Gasteiger partial charge in [0.15, 0.2) is 0 Å². The molecule has 0 atom stereocenters. The maximum atomic E-state index is 9.38. The van der Waals surface area contributed by atoms with Gasteiger partial charge in [-0.15, -0.1) is 0 Å². The molecule has 2 rings (SSSR count). The van der Waals surface area contributed by atoms with E-state index < -0.39 is 0 Å². The molecule has 0 saturated carbocycles. The highest BCUT2D eigenvalue weighted by molar-refractivity contribution is 5.51. The normalized spacial score (nSPS) is 10.3. The van der Waals surface area contributed by atoms with Crippen molar-refractivity contribution in [2.75, 3.05) is 11.9 Å². The quantitative estimate of drug-likeness (QED) is 0.845. The summed E-state index contributed by atoms with van der Waals surface area (Å²) >= 11 is 0. The molecule has 0 aromatic heterocycles. The average Bonchev–Trinajstić information content (AvgIpc) is 2.48. The molecule has 3 heteroatoms. The minimum absolute atomic E-state index is 0.0185. The fourth-order valence-electron chi connectivity index (χ4n) is 2.02. The Morgan fingerprint density at radius 1 is 1.10 bits per heavy atom. The molecular formula is C17H21NO2. The number of ether oxygens (including phenoxy) is 1. The minimum Gasteiger partial charge on any atom is -0.494 e. The van der Waals surface area contributed by atoms with Gasteiger partial charge in [0.05, 0.1) is 13.2 Å². The highest BCUT2D eigenvalue weighted by atomic mass is 16.5. The zero-order valence-corrected chi connectivity index (χ0v) is 12.0. The summed E-state index contributed by atoms with van der Waals surface area (Å²) in [4.78, 5) is 0. The van der Waals surface area contributed by atoms with Crippen LogP contribution in [0, 0.1) is 6.92 Å². The fourth-order valence-corrected chi connectivity index (χ4v) is 2.02. The second-order valence-corrected chi connectivity index (χ2v) is 4.75. The maximum Gasteiger partial charge on any atom is 0.124 e. The van der Waals surface area contributed by atoms with Crippen molar-refractivity contribution >= 4 is 5.69 Å². The van der Waals surface area contributed by atoms with E-state index in [-0.39, 0.29) is 6.61 Å². The van der Waals surface area contributed by atoms with Gasteiger partial charge in [0, 0.05) is 17.8 Å². The molecule has 0 radical (unpaired) electrons. The van der Waals surface area contributed by atoms with Crippen LogP contribution in [0.5, 0.6) is 5.75 Å². The fraction of sp³-hybridized carbons (Fsp3) is 0.294. The van der Waals surface area contributed by atoms with E-state index in [0.717, 1.165) is 23.5 Å². The number of aliphatic hydroxyl groups is 1. The van der Waals surface area contributed by atoms with Crippen LogP contribution in [0.1, 0.15) is 23.6 Å². The van der Waals surface area contributed by atoms with E-state index >= 15 is 0 Å². The van der Waals surface area contributed by atoms with Crippen LogP contribution in [0.25, 0.3) is 0 Å². The molecule has 20 heavy (non-hydrogen) atoms. The van der Waals surface area contributed by atoms with Crippen molar-refractivity contribution in [1.29, 1.82) is 0 Å². The Kier molecular flexibility index (Phi) is 5.02. The Hall–Kier alpha value is -2.00. The lowest BCUT2D eigenvalue weighted by atomic mass is 10.1. The van der Waals surface area contributed by atoms with Crippen LogP contribution in [-0.4, -0.2) is 11.7 Å². The Bertz CT molecular complexity index is 549. The largest absolute Gasteiger partial charge is 0.494 e. The molecule has 0 heterocycles. The second kappa shape index (κ2) is 6.96. The smallest absolute Gasteiger partial charge is 0.124 e. The lowest BCUT2D eigenvalue weighted by Crippen LogP contribution is -2.02. The van der Waals surface area contributed by atoms with Gasteiger partial charge < -0.3 is 15.2 Å². The van der Waals surface area contributed by atoms with Crippen molar-refractivity contribution < 1.29 is 9.84 Å². The number of aryl methyl sites for hydroxylation is 1. The van der Waals surface area contributed by atoms with Crippen molar-refractivity contribution in [3.05, 3.63) is 59.2 Å². The van der Waals surface area contributed by atoms with Gasteiger partial charge in [-0.05, 0) is 37.6 Å². The van der Waals surface area contributed by atoms with Crippen LogP contribution in [-0.2, 0) is 13.2 Å². The van der Waals surface area contributed by atoms with E-state index in [2.05, 4.69) is 36.5 Å². The van der Waals surface area contributed by atoms with Crippen LogP contribution in [0.3, 0.4) is 0 Å². The van der Waals surface area contributed by atoms with E-state index in [9.17, 15) is 5.11 Å². The van der Waals surface area contributed by atoms with E-state index in [1.807, 2.05) is 25.1 Å². The highest BCUT2D eigenvalue weighted by Crippen LogP contribution is 2.23. The molecule has 106 valence electrons. The Balaban J connectivity index is 2.04. The summed E-state index contributed by atoms with van der Waals surface area (Å²) in [6.45, 7) is 5.36. The number of anilines is 1. The van der Waals surface area contributed by atoms with Crippen LogP contribution in [0.2, 0.25) is 0 Å². The summed E-state index contributed by atoms with van der Waals surface area (Å²) in [7, 11) is 0. The van der Waals surface area contributed by atoms with Crippen molar-refractivity contribution in [3.63, 3.8) is 0 Å². The summed E-state index contributed by atoms with van der Waals surface area (Å²) in [5.74, 6) is 0.746. The predicted molar refractivity (Wildman–Crippen MR) is 82.0 cm³/mol. The molecular weight excluding hydrogens is 250 g/mol. The molecule has 0 bridgehead atoms. The topological polar surface area (TPSA) is 41.5 Å². The zero-order valence-electron chi connectivity index (χ0n) is 12.0. The number of aliphatic hydroxyl groups excluding tert-OH is 1. The van der Waals surface area contributed by atoms with Crippen molar-refractivity contribution in [3.8, 4) is 5.75 Å². The Labute approximate surface area is 120 Å². The number of benzene rings is 2. The third-order valence-corrected chi connectivity index (χ3v) is 3.15. The number of hydrogen-bond acceptors (Lipinski definition) is 3. The molecule has 0 amide bonds. The molecule has 0 aliphatic rings. The van der Waals surface area contributed by atoms with Crippen molar-refractivity contribution in [1.82, 2.24) is 0 Å². The molecule has 2 aromatic carbocycles. The van der Waals surface area contributed by atoms with Gasteiger partial charge in [-0.25, -0.2) is 0 Å². The summed E-state index contributed by atoms with van der Waals surface area (Å²) in [5, 5.41) is 12.7. The Morgan fingerprint density at radius 3 is 2.50 bits per heavy atom.